The molecule has 0 unspecified atom stereocenters. The van der Waals surface area contributed by atoms with Crippen molar-refractivity contribution in [2.75, 3.05) is 34.3 Å². The molecule has 0 aliphatic heterocycles. The Labute approximate surface area is 198 Å². The highest BCUT2D eigenvalue weighted by molar-refractivity contribution is 9.10. The number of fused-ring (bicyclic) bond motifs is 1. The highest BCUT2D eigenvalue weighted by Crippen LogP contribution is 2.27. The summed E-state index contributed by atoms with van der Waals surface area (Å²) in [4.78, 5) is 41.5. The third-order valence-electron chi connectivity index (χ3n) is 4.77. The first-order valence-electron chi connectivity index (χ1n) is 9.80. The summed E-state index contributed by atoms with van der Waals surface area (Å²) in [5.41, 5.74) is -0.593. The molecule has 0 fully saturated rings. The van der Waals surface area contributed by atoms with Crippen molar-refractivity contribution in [2.24, 2.45) is 0 Å². The maximum absolute atomic E-state index is 13.4. The summed E-state index contributed by atoms with van der Waals surface area (Å²) < 4.78 is 11.5. The van der Waals surface area contributed by atoms with E-state index in [1.807, 2.05) is 19.0 Å². The van der Waals surface area contributed by atoms with Crippen LogP contribution in [-0.4, -0.2) is 50.9 Å². The first-order valence-corrected chi connectivity index (χ1v) is 11.0. The lowest BCUT2D eigenvalue weighted by Gasteiger charge is -2.12. The molecule has 0 atom stereocenters. The smallest absolute Gasteiger partial charge is 0.287 e. The van der Waals surface area contributed by atoms with E-state index in [1.165, 1.54) is 31.4 Å². The quantitative estimate of drug-likeness (QED) is 0.354. The van der Waals surface area contributed by atoms with Gasteiger partial charge in [-0.25, -0.2) is 0 Å². The van der Waals surface area contributed by atoms with E-state index < -0.39 is 17.1 Å². The van der Waals surface area contributed by atoms with Crippen molar-refractivity contribution in [2.45, 2.75) is 6.42 Å². The van der Waals surface area contributed by atoms with Gasteiger partial charge < -0.3 is 19.4 Å². The summed E-state index contributed by atoms with van der Waals surface area (Å²) in [6, 6.07) is 9.11. The zero-order valence-corrected chi connectivity index (χ0v) is 20.2. The number of hydrogen-bond donors (Lipinski definition) is 1. The second-order valence-electron chi connectivity index (χ2n) is 7.37. The van der Waals surface area contributed by atoms with Crippen LogP contribution < -0.4 is 15.5 Å². The lowest BCUT2D eigenvalue weighted by Crippen LogP contribution is -2.31. The number of hydrogen-bond acceptors (Lipinski definition) is 6. The van der Waals surface area contributed by atoms with Crippen LogP contribution in [0.2, 0.25) is 5.02 Å². The Hall–Kier alpha value is -2.68. The number of rotatable bonds is 8. The molecular weight excluding hydrogens is 500 g/mol. The first-order chi connectivity index (χ1) is 15.2. The van der Waals surface area contributed by atoms with Crippen LogP contribution in [0.1, 0.15) is 32.9 Å². The monoisotopic (exact) mass is 520 g/mol. The van der Waals surface area contributed by atoms with Crippen LogP contribution >= 0.6 is 27.5 Å². The van der Waals surface area contributed by atoms with Crippen molar-refractivity contribution in [1.29, 1.82) is 0 Å². The predicted octanol–water partition coefficient (Wildman–Crippen LogP) is 4.13. The zero-order valence-electron chi connectivity index (χ0n) is 17.8. The van der Waals surface area contributed by atoms with Crippen molar-refractivity contribution in [3.05, 3.63) is 73.0 Å². The minimum absolute atomic E-state index is 0.123. The second kappa shape index (κ2) is 10.3. The molecule has 2 aromatic carbocycles. The molecule has 0 aliphatic rings. The summed E-state index contributed by atoms with van der Waals surface area (Å²) in [7, 11) is 5.36. The van der Waals surface area contributed by atoms with Gasteiger partial charge in [0.25, 0.3) is 5.91 Å². The number of methoxy groups -OCH3 is 1. The largest absolute Gasteiger partial charge is 0.496 e. The van der Waals surface area contributed by atoms with Gasteiger partial charge in [0.1, 0.15) is 16.9 Å². The molecule has 3 rings (SSSR count). The van der Waals surface area contributed by atoms with Crippen LogP contribution in [0.3, 0.4) is 0 Å². The number of nitrogens with zero attached hydrogens (tertiary/aromatic N) is 1. The van der Waals surface area contributed by atoms with E-state index in [4.69, 9.17) is 20.8 Å². The molecule has 0 saturated heterocycles. The minimum Gasteiger partial charge on any atom is -0.496 e. The molecule has 1 aromatic heterocycles. The van der Waals surface area contributed by atoms with Gasteiger partial charge in [-0.2, -0.15) is 0 Å². The average molecular weight is 522 g/mol. The van der Waals surface area contributed by atoms with Crippen LogP contribution in [0.4, 0.5) is 0 Å². The molecule has 1 amide bonds. The molecule has 168 valence electrons. The third-order valence-corrected chi connectivity index (χ3v) is 5.62. The lowest BCUT2D eigenvalue weighted by atomic mass is 10.00. The molecular formula is C23H22BrClN2O5. The van der Waals surface area contributed by atoms with Crippen LogP contribution in [0.15, 0.2) is 50.1 Å². The van der Waals surface area contributed by atoms with Crippen LogP contribution in [0.5, 0.6) is 5.75 Å². The Morgan fingerprint density at radius 1 is 1.19 bits per heavy atom. The maximum Gasteiger partial charge on any atom is 0.287 e. The van der Waals surface area contributed by atoms with Crippen molar-refractivity contribution < 1.29 is 18.7 Å². The molecule has 0 radical (unpaired) electrons. The van der Waals surface area contributed by atoms with Gasteiger partial charge in [0, 0.05) is 17.1 Å². The normalized spacial score (nSPS) is 11.1. The maximum atomic E-state index is 13.4. The van der Waals surface area contributed by atoms with E-state index in [0.29, 0.717) is 28.2 Å². The number of amides is 1. The van der Waals surface area contributed by atoms with Crippen molar-refractivity contribution in [1.82, 2.24) is 10.2 Å². The van der Waals surface area contributed by atoms with Gasteiger partial charge in [-0.05, 0) is 79.4 Å². The molecule has 7 nitrogen and oxygen atoms in total. The molecule has 0 bridgehead atoms. The summed E-state index contributed by atoms with van der Waals surface area (Å²) in [6.45, 7) is 1.13. The standard InChI is InChI=1S/C23H22BrClN2O5/c1-27(2)10-4-9-26-23(30)22-19(20(28)13-5-7-18(31-3)16(24)11-13)21(29)15-12-14(25)6-8-17(15)32-22/h5-8,11-12H,4,9-10H2,1-3H3,(H,26,30). The lowest BCUT2D eigenvalue weighted by molar-refractivity contribution is 0.0912. The first kappa shape index (κ1) is 24.0. The summed E-state index contributed by atoms with van der Waals surface area (Å²) in [5.74, 6) is -1.07. The highest BCUT2D eigenvalue weighted by Gasteiger charge is 2.27. The van der Waals surface area contributed by atoms with Crippen molar-refractivity contribution in [3.63, 3.8) is 0 Å². The van der Waals surface area contributed by atoms with Crippen molar-refractivity contribution in [3.8, 4) is 5.75 Å². The fraction of sp³-hybridized carbons (Fsp3) is 0.261. The number of halogens is 2. The van der Waals surface area contributed by atoms with E-state index in [0.717, 1.165) is 6.54 Å². The van der Waals surface area contributed by atoms with Crippen LogP contribution in [-0.2, 0) is 0 Å². The Balaban J connectivity index is 2.09. The van der Waals surface area contributed by atoms with Gasteiger partial charge in [0.15, 0.2) is 0 Å². The Morgan fingerprint density at radius 2 is 1.94 bits per heavy atom. The number of carbonyl (C=O) groups excluding carboxylic acids is 2. The van der Waals surface area contributed by atoms with E-state index in [9.17, 15) is 14.4 Å². The summed E-state index contributed by atoms with van der Waals surface area (Å²) in [5, 5.41) is 3.17. The van der Waals surface area contributed by atoms with Gasteiger partial charge in [-0.15, -0.1) is 0 Å². The van der Waals surface area contributed by atoms with E-state index in [-0.39, 0.29) is 27.9 Å². The molecule has 1 heterocycles. The number of nitrogens with one attached hydrogen (secondary N) is 1. The minimum atomic E-state index is -0.637. The van der Waals surface area contributed by atoms with Gasteiger partial charge in [0.05, 0.1) is 17.0 Å². The Morgan fingerprint density at radius 3 is 2.59 bits per heavy atom. The van der Waals surface area contributed by atoms with Crippen LogP contribution in [0.25, 0.3) is 11.0 Å². The molecule has 32 heavy (non-hydrogen) atoms. The van der Waals surface area contributed by atoms with Gasteiger partial charge >= 0.3 is 0 Å². The Bertz CT molecular complexity index is 1240. The predicted molar refractivity (Wildman–Crippen MR) is 127 cm³/mol. The molecule has 3 aromatic rings. The topological polar surface area (TPSA) is 88.8 Å². The van der Waals surface area contributed by atoms with Crippen LogP contribution in [0, 0.1) is 0 Å². The molecule has 0 spiro atoms. The second-order valence-corrected chi connectivity index (χ2v) is 8.66. The van der Waals surface area contributed by atoms with E-state index in [1.54, 1.807) is 12.1 Å². The van der Waals surface area contributed by atoms with E-state index >= 15 is 0 Å². The Kier molecular flexibility index (Phi) is 7.71. The SMILES string of the molecule is COc1ccc(C(=O)c2c(C(=O)NCCCN(C)C)oc3ccc(Cl)cc3c2=O)cc1Br. The van der Waals surface area contributed by atoms with Gasteiger partial charge in [-0.3, -0.25) is 14.4 Å². The summed E-state index contributed by atoms with van der Waals surface area (Å²) >= 11 is 9.37. The molecule has 0 aliphatic carbocycles. The number of ether oxygens (including phenoxy) is 1. The van der Waals surface area contributed by atoms with Gasteiger partial charge in [0.2, 0.25) is 17.0 Å². The third kappa shape index (κ3) is 5.20. The fourth-order valence-corrected chi connectivity index (χ4v) is 3.88. The van der Waals surface area contributed by atoms with E-state index in [2.05, 4.69) is 21.2 Å². The molecule has 9 heteroatoms. The highest BCUT2D eigenvalue weighted by atomic mass is 79.9. The summed E-state index contributed by atoms with van der Waals surface area (Å²) in [6.07, 6.45) is 0.695. The average Bonchev–Trinajstić information content (AvgIpc) is 2.76. The number of ketones is 1. The zero-order chi connectivity index (χ0) is 23.4. The van der Waals surface area contributed by atoms with Crippen molar-refractivity contribution >= 4 is 50.2 Å². The number of benzene rings is 2. The number of carbonyl (C=O) groups is 2. The fourth-order valence-electron chi connectivity index (χ4n) is 3.16. The molecule has 0 saturated carbocycles. The van der Waals surface area contributed by atoms with Gasteiger partial charge in [-0.1, -0.05) is 11.6 Å². The molecule has 1 N–H and O–H groups in total.